The first-order valence-corrected chi connectivity index (χ1v) is 3.34. The molecule has 54 valence electrons. The van der Waals surface area contributed by atoms with Gasteiger partial charge in [0.2, 0.25) is 0 Å². The number of aromatic amines is 1. The molecule has 1 atom stereocenters. The van der Waals surface area contributed by atoms with Gasteiger partial charge >= 0.3 is 0 Å². The van der Waals surface area contributed by atoms with Gasteiger partial charge in [0.15, 0.2) is 0 Å². The van der Waals surface area contributed by atoms with Crippen molar-refractivity contribution in [3.63, 3.8) is 0 Å². The lowest BCUT2D eigenvalue weighted by Crippen LogP contribution is -2.06. The average molecular weight is 157 g/mol. The Hall–Kier alpha value is -0.730. The van der Waals surface area contributed by atoms with Gasteiger partial charge in [0.1, 0.15) is 5.15 Å². The average Bonchev–Trinajstić information content (AvgIpc) is 2.34. The summed E-state index contributed by atoms with van der Waals surface area (Å²) >= 11 is 5.62. The Morgan fingerprint density at radius 3 is 2.80 bits per heavy atom. The summed E-state index contributed by atoms with van der Waals surface area (Å²) in [6, 6.07) is 3.46. The lowest BCUT2D eigenvalue weighted by atomic mass is 10.2. The molecule has 1 rings (SSSR count). The van der Waals surface area contributed by atoms with Crippen LogP contribution < -0.4 is 5.73 Å². The summed E-state index contributed by atoms with van der Waals surface area (Å²) in [4.78, 5) is 2.90. The largest absolute Gasteiger partial charge is 0.348 e. The maximum atomic E-state index is 5.62. The van der Waals surface area contributed by atoms with Crippen molar-refractivity contribution in [2.24, 2.45) is 5.73 Å². The predicted molar refractivity (Wildman–Crippen MR) is 42.9 cm³/mol. The number of nitrogens with one attached hydrogen (secondary N) is 1. The van der Waals surface area contributed by atoms with Crippen LogP contribution in [0.4, 0.5) is 0 Å². The molecule has 3 N–H and O–H groups in total. The SMILES string of the molecule is C=C[C@H](N)c1ccc(Cl)[nH]1. The Kier molecular flexibility index (Phi) is 2.14. The number of hydrogen-bond acceptors (Lipinski definition) is 1. The molecule has 0 bridgehead atoms. The summed E-state index contributed by atoms with van der Waals surface area (Å²) in [5.41, 5.74) is 6.49. The molecule has 1 aromatic heterocycles. The molecule has 0 aromatic carbocycles. The zero-order chi connectivity index (χ0) is 7.56. The van der Waals surface area contributed by atoms with Gasteiger partial charge in [-0.05, 0) is 12.1 Å². The molecular weight excluding hydrogens is 148 g/mol. The molecule has 3 heteroatoms. The summed E-state index contributed by atoms with van der Waals surface area (Å²) in [6.07, 6.45) is 1.65. The van der Waals surface area contributed by atoms with Gasteiger partial charge in [-0.25, -0.2) is 0 Å². The fourth-order valence-electron chi connectivity index (χ4n) is 0.706. The van der Waals surface area contributed by atoms with Crippen molar-refractivity contribution in [1.29, 1.82) is 0 Å². The van der Waals surface area contributed by atoms with Crippen LogP contribution in [0, 0.1) is 0 Å². The van der Waals surface area contributed by atoms with Crippen LogP contribution in [0.2, 0.25) is 5.15 Å². The number of nitrogens with two attached hydrogens (primary N) is 1. The quantitative estimate of drug-likeness (QED) is 0.631. The van der Waals surface area contributed by atoms with Crippen LogP contribution in [0.1, 0.15) is 11.7 Å². The van der Waals surface area contributed by atoms with Gasteiger partial charge in [-0.1, -0.05) is 17.7 Å². The van der Waals surface area contributed by atoms with E-state index in [1.807, 2.05) is 6.07 Å². The molecule has 0 saturated heterocycles. The number of H-pyrrole nitrogens is 1. The van der Waals surface area contributed by atoms with E-state index in [0.717, 1.165) is 5.69 Å². The zero-order valence-electron chi connectivity index (χ0n) is 5.47. The van der Waals surface area contributed by atoms with E-state index in [2.05, 4.69) is 11.6 Å². The first-order valence-electron chi connectivity index (χ1n) is 2.96. The van der Waals surface area contributed by atoms with Crippen LogP contribution in [0.5, 0.6) is 0 Å². The van der Waals surface area contributed by atoms with E-state index in [1.165, 1.54) is 0 Å². The van der Waals surface area contributed by atoms with Crippen molar-refractivity contribution in [3.05, 3.63) is 35.6 Å². The highest BCUT2D eigenvalue weighted by molar-refractivity contribution is 6.29. The minimum Gasteiger partial charge on any atom is -0.348 e. The second-order valence-electron chi connectivity index (χ2n) is 2.02. The molecule has 2 nitrogen and oxygen atoms in total. The van der Waals surface area contributed by atoms with Crippen molar-refractivity contribution >= 4 is 11.6 Å². The molecule has 0 aliphatic carbocycles. The molecule has 1 heterocycles. The standard InChI is InChI=1S/C7H9ClN2/c1-2-5(9)6-3-4-7(8)10-6/h2-5,10H,1,9H2/t5-/m0/s1. The van der Waals surface area contributed by atoms with E-state index >= 15 is 0 Å². The molecule has 10 heavy (non-hydrogen) atoms. The van der Waals surface area contributed by atoms with Crippen molar-refractivity contribution in [1.82, 2.24) is 4.98 Å². The fourth-order valence-corrected chi connectivity index (χ4v) is 0.878. The van der Waals surface area contributed by atoms with Crippen LogP contribution in [-0.4, -0.2) is 4.98 Å². The third-order valence-electron chi connectivity index (χ3n) is 1.29. The highest BCUT2D eigenvalue weighted by atomic mass is 35.5. The number of halogens is 1. The summed E-state index contributed by atoms with van der Waals surface area (Å²) in [6.45, 7) is 3.56. The summed E-state index contributed by atoms with van der Waals surface area (Å²) in [7, 11) is 0. The Balaban J connectivity index is 2.84. The van der Waals surface area contributed by atoms with Gasteiger partial charge in [0.05, 0.1) is 6.04 Å². The Morgan fingerprint density at radius 2 is 2.40 bits per heavy atom. The molecule has 1 aromatic rings. The Labute approximate surface area is 64.7 Å². The van der Waals surface area contributed by atoms with Gasteiger partial charge in [-0.3, -0.25) is 0 Å². The number of rotatable bonds is 2. The van der Waals surface area contributed by atoms with Gasteiger partial charge in [-0.15, -0.1) is 6.58 Å². The highest BCUT2D eigenvalue weighted by Gasteiger charge is 2.01. The van der Waals surface area contributed by atoms with Crippen LogP contribution >= 0.6 is 11.6 Å². The molecule has 0 aliphatic heterocycles. The van der Waals surface area contributed by atoms with Gasteiger partial charge in [-0.2, -0.15) is 0 Å². The monoisotopic (exact) mass is 156 g/mol. The second kappa shape index (κ2) is 2.90. The van der Waals surface area contributed by atoms with E-state index in [4.69, 9.17) is 17.3 Å². The minimum absolute atomic E-state index is 0.146. The Bertz CT molecular complexity index is 229. The molecule has 0 unspecified atom stereocenters. The molecule has 0 radical (unpaired) electrons. The normalized spacial score (nSPS) is 13.0. The molecular formula is C7H9ClN2. The molecule has 0 spiro atoms. The minimum atomic E-state index is -0.146. The number of hydrogen-bond donors (Lipinski definition) is 2. The van der Waals surface area contributed by atoms with Crippen LogP contribution in [-0.2, 0) is 0 Å². The number of aromatic nitrogens is 1. The van der Waals surface area contributed by atoms with E-state index in [0.29, 0.717) is 5.15 Å². The smallest absolute Gasteiger partial charge is 0.106 e. The van der Waals surface area contributed by atoms with Gasteiger partial charge in [0, 0.05) is 5.69 Å². The third-order valence-corrected chi connectivity index (χ3v) is 1.51. The molecule has 0 fully saturated rings. The van der Waals surface area contributed by atoms with Crippen molar-refractivity contribution in [2.75, 3.05) is 0 Å². The maximum Gasteiger partial charge on any atom is 0.106 e. The summed E-state index contributed by atoms with van der Waals surface area (Å²) in [5.74, 6) is 0. The van der Waals surface area contributed by atoms with E-state index in [9.17, 15) is 0 Å². The van der Waals surface area contributed by atoms with Crippen molar-refractivity contribution in [3.8, 4) is 0 Å². The van der Waals surface area contributed by atoms with Crippen molar-refractivity contribution in [2.45, 2.75) is 6.04 Å². The Morgan fingerprint density at radius 1 is 1.70 bits per heavy atom. The lowest BCUT2D eigenvalue weighted by Gasteiger charge is -2.00. The van der Waals surface area contributed by atoms with E-state index in [-0.39, 0.29) is 6.04 Å². The summed E-state index contributed by atoms with van der Waals surface area (Å²) in [5, 5.41) is 0.604. The predicted octanol–water partition coefficient (Wildman–Crippen LogP) is 1.85. The first kappa shape index (κ1) is 7.38. The van der Waals surface area contributed by atoms with Crippen LogP contribution in [0.15, 0.2) is 24.8 Å². The van der Waals surface area contributed by atoms with Crippen LogP contribution in [0.3, 0.4) is 0 Å². The summed E-state index contributed by atoms with van der Waals surface area (Å²) < 4.78 is 0. The molecule has 0 amide bonds. The van der Waals surface area contributed by atoms with Crippen LogP contribution in [0.25, 0.3) is 0 Å². The maximum absolute atomic E-state index is 5.62. The first-order chi connectivity index (χ1) is 4.74. The lowest BCUT2D eigenvalue weighted by molar-refractivity contribution is 0.876. The fraction of sp³-hybridized carbons (Fsp3) is 0.143. The van der Waals surface area contributed by atoms with Gasteiger partial charge < -0.3 is 10.7 Å². The third kappa shape index (κ3) is 1.40. The van der Waals surface area contributed by atoms with Gasteiger partial charge in [0.25, 0.3) is 0 Å². The molecule has 0 aliphatic rings. The van der Waals surface area contributed by atoms with E-state index in [1.54, 1.807) is 12.1 Å². The zero-order valence-corrected chi connectivity index (χ0v) is 6.23. The highest BCUT2D eigenvalue weighted by Crippen LogP contribution is 2.13. The van der Waals surface area contributed by atoms with Crippen molar-refractivity contribution < 1.29 is 0 Å². The molecule has 0 saturated carbocycles. The topological polar surface area (TPSA) is 41.8 Å². The second-order valence-corrected chi connectivity index (χ2v) is 2.43. The van der Waals surface area contributed by atoms with E-state index < -0.39 is 0 Å².